The number of halogens is 2. The minimum absolute atomic E-state index is 0.0850. The van der Waals surface area contributed by atoms with Crippen LogP contribution in [0, 0.1) is 5.82 Å². The van der Waals surface area contributed by atoms with Crippen molar-refractivity contribution in [3.8, 4) is 0 Å². The third-order valence-electron chi connectivity index (χ3n) is 3.01. The van der Waals surface area contributed by atoms with Gasteiger partial charge >= 0.3 is 0 Å². The number of rotatable bonds is 2. The molecule has 19 heavy (non-hydrogen) atoms. The van der Waals surface area contributed by atoms with E-state index in [0.717, 1.165) is 9.47 Å². The average Bonchev–Trinajstić information content (AvgIpc) is 2.97. The lowest BCUT2D eigenvalue weighted by Crippen LogP contribution is -2.35. The van der Waals surface area contributed by atoms with Crippen LogP contribution in [0.25, 0.3) is 0 Å². The van der Waals surface area contributed by atoms with Crippen LogP contribution < -0.4 is 10.6 Å². The summed E-state index contributed by atoms with van der Waals surface area (Å²) in [5.41, 5.74) is 6.81. The Morgan fingerprint density at radius 1 is 1.26 bits per heavy atom. The van der Waals surface area contributed by atoms with Crippen LogP contribution in [-0.4, -0.2) is 12.5 Å². The van der Waals surface area contributed by atoms with Gasteiger partial charge in [0, 0.05) is 10.6 Å². The lowest BCUT2D eigenvalue weighted by molar-refractivity contribution is 0.627. The average molecular weight is 340 g/mol. The summed E-state index contributed by atoms with van der Waals surface area (Å²) in [5, 5.41) is 0. The molecule has 0 aliphatic carbocycles. The van der Waals surface area contributed by atoms with Crippen LogP contribution >= 0.6 is 27.3 Å². The number of hydrogen-bond acceptors (Lipinski definition) is 4. The zero-order valence-corrected chi connectivity index (χ0v) is 12.3. The fourth-order valence-corrected chi connectivity index (χ4v) is 3.64. The molecule has 2 N–H and O–H groups in total. The molecule has 3 nitrogen and oxygen atoms in total. The summed E-state index contributed by atoms with van der Waals surface area (Å²) >= 11 is 5.12. The van der Waals surface area contributed by atoms with E-state index in [9.17, 15) is 4.39 Å². The highest BCUT2D eigenvalue weighted by Gasteiger charge is 2.29. The topological polar surface area (TPSA) is 41.6 Å². The van der Waals surface area contributed by atoms with Gasteiger partial charge in [-0.1, -0.05) is 0 Å². The van der Waals surface area contributed by atoms with Crippen molar-refractivity contribution in [3.63, 3.8) is 0 Å². The Kier molecular flexibility index (Phi) is 3.28. The number of aliphatic imine (C=N–C) groups is 1. The van der Waals surface area contributed by atoms with Crippen molar-refractivity contribution in [2.24, 2.45) is 10.7 Å². The van der Waals surface area contributed by atoms with Gasteiger partial charge in [-0.05, 0) is 52.3 Å². The van der Waals surface area contributed by atoms with Gasteiger partial charge in [0.2, 0.25) is 0 Å². The third kappa shape index (κ3) is 2.37. The van der Waals surface area contributed by atoms with E-state index in [4.69, 9.17) is 5.73 Å². The number of anilines is 1. The van der Waals surface area contributed by atoms with Gasteiger partial charge in [0.05, 0.1) is 16.4 Å². The predicted octanol–water partition coefficient (Wildman–Crippen LogP) is 3.53. The molecule has 2 heterocycles. The number of hydrogen-bond donors (Lipinski definition) is 1. The molecule has 3 rings (SSSR count). The van der Waals surface area contributed by atoms with Crippen LogP contribution in [0.1, 0.15) is 10.9 Å². The van der Waals surface area contributed by atoms with Gasteiger partial charge in [-0.25, -0.2) is 4.39 Å². The van der Waals surface area contributed by atoms with E-state index in [1.807, 2.05) is 11.0 Å². The molecule has 0 amide bonds. The molecular weight excluding hydrogens is 329 g/mol. The first-order valence-electron chi connectivity index (χ1n) is 5.75. The van der Waals surface area contributed by atoms with Crippen LogP contribution in [0.3, 0.4) is 0 Å². The zero-order valence-electron chi connectivity index (χ0n) is 9.88. The molecule has 0 saturated carbocycles. The first-order valence-corrected chi connectivity index (χ1v) is 7.36. The first kappa shape index (κ1) is 12.6. The van der Waals surface area contributed by atoms with Crippen molar-refractivity contribution < 1.29 is 4.39 Å². The predicted molar refractivity (Wildman–Crippen MR) is 80.1 cm³/mol. The summed E-state index contributed by atoms with van der Waals surface area (Å²) in [4.78, 5) is 7.42. The molecule has 1 aliphatic rings. The van der Waals surface area contributed by atoms with Gasteiger partial charge in [0.25, 0.3) is 0 Å². The van der Waals surface area contributed by atoms with Crippen LogP contribution in [0.2, 0.25) is 0 Å². The largest absolute Gasteiger partial charge is 0.369 e. The monoisotopic (exact) mass is 339 g/mol. The number of guanidine groups is 1. The Labute approximate surface area is 122 Å². The molecule has 1 unspecified atom stereocenters. The summed E-state index contributed by atoms with van der Waals surface area (Å²) in [6.45, 7) is 0.621. The molecular formula is C13H11BrFN3S. The van der Waals surface area contributed by atoms with Crippen LogP contribution in [0.15, 0.2) is 45.2 Å². The van der Waals surface area contributed by atoms with E-state index < -0.39 is 0 Å². The Morgan fingerprint density at radius 3 is 2.63 bits per heavy atom. The minimum atomic E-state index is -0.256. The van der Waals surface area contributed by atoms with Crippen molar-refractivity contribution in [1.29, 1.82) is 0 Å². The maximum absolute atomic E-state index is 13.0. The SMILES string of the molecule is NC1=NCC(c2ccc(Br)s2)N1c1ccc(F)cc1. The number of benzene rings is 1. The second-order valence-electron chi connectivity index (χ2n) is 4.20. The number of thiophene rings is 1. The molecule has 1 aromatic carbocycles. The Balaban J connectivity index is 1.96. The second kappa shape index (κ2) is 4.94. The van der Waals surface area contributed by atoms with Crippen LogP contribution in [-0.2, 0) is 0 Å². The highest BCUT2D eigenvalue weighted by atomic mass is 79.9. The fourth-order valence-electron chi connectivity index (χ4n) is 2.14. The molecule has 2 aromatic rings. The molecule has 0 spiro atoms. The molecule has 1 aliphatic heterocycles. The minimum Gasteiger partial charge on any atom is -0.369 e. The highest BCUT2D eigenvalue weighted by Crippen LogP contribution is 2.36. The molecule has 1 atom stereocenters. The molecule has 6 heteroatoms. The fraction of sp³-hybridized carbons (Fsp3) is 0.154. The number of nitrogens with zero attached hydrogens (tertiary/aromatic N) is 2. The van der Waals surface area contributed by atoms with Crippen molar-refractivity contribution in [1.82, 2.24) is 0 Å². The summed E-state index contributed by atoms with van der Waals surface area (Å²) in [5.74, 6) is 0.218. The lowest BCUT2D eigenvalue weighted by Gasteiger charge is -2.25. The zero-order chi connectivity index (χ0) is 13.4. The van der Waals surface area contributed by atoms with Gasteiger partial charge in [0.15, 0.2) is 5.96 Å². The number of nitrogens with two attached hydrogens (primary N) is 1. The lowest BCUT2D eigenvalue weighted by atomic mass is 10.2. The van der Waals surface area contributed by atoms with E-state index in [0.29, 0.717) is 12.5 Å². The van der Waals surface area contributed by atoms with Crippen molar-refractivity contribution in [2.45, 2.75) is 6.04 Å². The van der Waals surface area contributed by atoms with Crippen molar-refractivity contribution in [3.05, 3.63) is 50.9 Å². The van der Waals surface area contributed by atoms with Crippen LogP contribution in [0.5, 0.6) is 0 Å². The van der Waals surface area contributed by atoms with E-state index in [-0.39, 0.29) is 11.9 Å². The second-order valence-corrected chi connectivity index (χ2v) is 6.70. The van der Waals surface area contributed by atoms with Gasteiger partial charge in [-0.2, -0.15) is 0 Å². The normalized spacial score (nSPS) is 18.7. The molecule has 1 aromatic heterocycles. The molecule has 0 fully saturated rings. The summed E-state index contributed by atoms with van der Waals surface area (Å²) in [6, 6.07) is 10.5. The van der Waals surface area contributed by atoms with Gasteiger partial charge in [-0.15, -0.1) is 11.3 Å². The van der Waals surface area contributed by atoms with Crippen LogP contribution in [0.4, 0.5) is 10.1 Å². The van der Waals surface area contributed by atoms with Gasteiger partial charge < -0.3 is 10.6 Å². The quantitative estimate of drug-likeness (QED) is 0.909. The van der Waals surface area contributed by atoms with Crippen molar-refractivity contribution >= 4 is 38.9 Å². The third-order valence-corrected chi connectivity index (χ3v) is 4.74. The first-order chi connectivity index (χ1) is 9.15. The Hall–Kier alpha value is -1.40. The Bertz CT molecular complexity index is 623. The Morgan fingerprint density at radius 2 is 2.00 bits per heavy atom. The molecule has 98 valence electrons. The van der Waals surface area contributed by atoms with E-state index in [1.54, 1.807) is 23.5 Å². The maximum atomic E-state index is 13.0. The molecule has 0 bridgehead atoms. The van der Waals surface area contributed by atoms with E-state index >= 15 is 0 Å². The smallest absolute Gasteiger partial charge is 0.196 e. The molecule has 0 saturated heterocycles. The van der Waals surface area contributed by atoms with Gasteiger partial charge in [0.1, 0.15) is 5.82 Å². The summed E-state index contributed by atoms with van der Waals surface area (Å²) in [6.07, 6.45) is 0. The van der Waals surface area contributed by atoms with Gasteiger partial charge in [-0.3, -0.25) is 4.99 Å². The van der Waals surface area contributed by atoms with Crippen molar-refractivity contribution in [2.75, 3.05) is 11.4 Å². The van der Waals surface area contributed by atoms with E-state index in [2.05, 4.69) is 27.0 Å². The van der Waals surface area contributed by atoms with E-state index in [1.165, 1.54) is 17.0 Å². The summed E-state index contributed by atoms with van der Waals surface area (Å²) in [7, 11) is 0. The highest BCUT2D eigenvalue weighted by molar-refractivity contribution is 9.11. The summed E-state index contributed by atoms with van der Waals surface area (Å²) < 4.78 is 14.1. The molecule has 0 radical (unpaired) electrons. The standard InChI is InChI=1S/C13H11BrFN3S/c14-12-6-5-11(19-12)10-7-17-13(16)18(10)9-3-1-8(15)2-4-9/h1-6,10H,7H2,(H2,16,17). The maximum Gasteiger partial charge on any atom is 0.196 e.